The molecule has 1 N–H and O–H groups in total. The van der Waals surface area contributed by atoms with Crippen molar-refractivity contribution < 1.29 is 4.79 Å². The summed E-state index contributed by atoms with van der Waals surface area (Å²) in [6.45, 7) is 4.98. The van der Waals surface area contributed by atoms with Crippen LogP contribution in [-0.2, 0) is 4.79 Å². The Morgan fingerprint density at radius 2 is 2.10 bits per heavy atom. The molecule has 0 radical (unpaired) electrons. The number of anilines is 2. The largest absolute Gasteiger partial charge is 0.378 e. The van der Waals surface area contributed by atoms with Gasteiger partial charge in [-0.15, -0.1) is 0 Å². The van der Waals surface area contributed by atoms with Crippen molar-refractivity contribution in [2.24, 2.45) is 0 Å². The number of hydrogen-bond acceptors (Lipinski definition) is 3. The van der Waals surface area contributed by atoms with Gasteiger partial charge in [-0.2, -0.15) is 0 Å². The summed E-state index contributed by atoms with van der Waals surface area (Å²) < 4.78 is 0. The average molecular weight is 275 g/mol. The molecule has 1 unspecified atom stereocenters. The van der Waals surface area contributed by atoms with Gasteiger partial charge in [-0.25, -0.2) is 0 Å². The van der Waals surface area contributed by atoms with Gasteiger partial charge in [0.25, 0.3) is 0 Å². The zero-order chi connectivity index (χ0) is 14.7. The van der Waals surface area contributed by atoms with E-state index in [1.54, 1.807) is 0 Å². The summed E-state index contributed by atoms with van der Waals surface area (Å²) in [5, 5.41) is 3.37. The molecule has 1 aliphatic rings. The number of nitrogens with zero attached hydrogens (tertiary/aromatic N) is 2. The Hall–Kier alpha value is -1.55. The maximum Gasteiger partial charge on any atom is 0.244 e. The zero-order valence-corrected chi connectivity index (χ0v) is 12.9. The molecule has 110 valence electrons. The van der Waals surface area contributed by atoms with Crippen molar-refractivity contribution in [1.29, 1.82) is 0 Å². The lowest BCUT2D eigenvalue weighted by molar-refractivity contribution is -0.121. The Morgan fingerprint density at radius 3 is 2.75 bits per heavy atom. The summed E-state index contributed by atoms with van der Waals surface area (Å²) in [5.74, 6) is 0.195. The van der Waals surface area contributed by atoms with Gasteiger partial charge < -0.3 is 15.1 Å². The fourth-order valence-corrected chi connectivity index (χ4v) is 2.63. The van der Waals surface area contributed by atoms with E-state index >= 15 is 0 Å². The van der Waals surface area contributed by atoms with E-state index in [9.17, 15) is 4.79 Å². The summed E-state index contributed by atoms with van der Waals surface area (Å²) in [7, 11) is 4.03. The van der Waals surface area contributed by atoms with Gasteiger partial charge in [0.15, 0.2) is 0 Å². The van der Waals surface area contributed by atoms with Gasteiger partial charge in [0.2, 0.25) is 5.91 Å². The number of benzene rings is 1. The van der Waals surface area contributed by atoms with E-state index in [0.717, 1.165) is 30.8 Å². The third kappa shape index (κ3) is 3.31. The van der Waals surface area contributed by atoms with E-state index in [2.05, 4.69) is 36.2 Å². The third-order valence-electron chi connectivity index (χ3n) is 3.63. The minimum atomic E-state index is -0.0493. The van der Waals surface area contributed by atoms with E-state index in [4.69, 9.17) is 0 Å². The molecule has 1 aliphatic heterocycles. The molecular weight excluding hydrogens is 250 g/mol. The molecule has 1 fully saturated rings. The Balaban J connectivity index is 2.19. The van der Waals surface area contributed by atoms with Crippen LogP contribution in [0.5, 0.6) is 0 Å². The molecule has 0 bridgehead atoms. The second-order valence-corrected chi connectivity index (χ2v) is 5.92. The molecule has 20 heavy (non-hydrogen) atoms. The molecule has 0 aromatic heterocycles. The predicted octanol–water partition coefficient (Wildman–Crippen LogP) is 2.25. The topological polar surface area (TPSA) is 35.6 Å². The van der Waals surface area contributed by atoms with Crippen molar-refractivity contribution >= 4 is 17.3 Å². The standard InChI is InChI=1S/C16H25N3O/c1-12(2)17-15-9-6-10-19(16(15)20)14-8-5-7-13(11-14)18(3)4/h5,7-8,11-12,15,17H,6,9-10H2,1-4H3. The van der Waals surface area contributed by atoms with E-state index < -0.39 is 0 Å². The minimum absolute atomic E-state index is 0.0493. The third-order valence-corrected chi connectivity index (χ3v) is 3.63. The highest BCUT2D eigenvalue weighted by Gasteiger charge is 2.29. The van der Waals surface area contributed by atoms with Gasteiger partial charge in [-0.3, -0.25) is 4.79 Å². The van der Waals surface area contributed by atoms with Crippen LogP contribution in [0.15, 0.2) is 24.3 Å². The normalized spacial score (nSPS) is 19.6. The van der Waals surface area contributed by atoms with Crippen LogP contribution >= 0.6 is 0 Å². The van der Waals surface area contributed by atoms with E-state index in [1.165, 1.54) is 0 Å². The maximum atomic E-state index is 12.6. The lowest BCUT2D eigenvalue weighted by Gasteiger charge is -2.34. The van der Waals surface area contributed by atoms with Crippen molar-refractivity contribution in [3.05, 3.63) is 24.3 Å². The van der Waals surface area contributed by atoms with Crippen molar-refractivity contribution in [3.8, 4) is 0 Å². The van der Waals surface area contributed by atoms with Crippen LogP contribution in [0.1, 0.15) is 26.7 Å². The summed E-state index contributed by atoms with van der Waals surface area (Å²) >= 11 is 0. The van der Waals surface area contributed by atoms with E-state index in [-0.39, 0.29) is 11.9 Å². The minimum Gasteiger partial charge on any atom is -0.378 e. The Morgan fingerprint density at radius 1 is 1.35 bits per heavy atom. The second-order valence-electron chi connectivity index (χ2n) is 5.92. The molecule has 1 amide bonds. The van der Waals surface area contributed by atoms with E-state index in [0.29, 0.717) is 6.04 Å². The van der Waals surface area contributed by atoms with Crippen LogP contribution in [0.2, 0.25) is 0 Å². The number of amides is 1. The molecule has 0 aliphatic carbocycles. The van der Waals surface area contributed by atoms with Crippen molar-refractivity contribution in [2.45, 2.75) is 38.8 Å². The first-order valence-electron chi connectivity index (χ1n) is 7.34. The van der Waals surface area contributed by atoms with Crippen LogP contribution in [0.4, 0.5) is 11.4 Å². The molecule has 1 aromatic rings. The predicted molar refractivity (Wildman–Crippen MR) is 84.4 cm³/mol. The van der Waals surface area contributed by atoms with Crippen molar-refractivity contribution in [3.63, 3.8) is 0 Å². The number of hydrogen-bond donors (Lipinski definition) is 1. The molecule has 1 aromatic carbocycles. The number of carbonyl (C=O) groups is 1. The quantitative estimate of drug-likeness (QED) is 0.915. The molecule has 1 heterocycles. The highest BCUT2D eigenvalue weighted by Crippen LogP contribution is 2.25. The summed E-state index contributed by atoms with van der Waals surface area (Å²) in [6, 6.07) is 8.45. The fourth-order valence-electron chi connectivity index (χ4n) is 2.63. The number of nitrogens with one attached hydrogen (secondary N) is 1. The van der Waals surface area contributed by atoms with Gasteiger partial charge in [0, 0.05) is 38.1 Å². The Labute approximate surface area is 121 Å². The first-order valence-corrected chi connectivity index (χ1v) is 7.34. The van der Waals surface area contributed by atoms with E-state index in [1.807, 2.05) is 31.1 Å². The fraction of sp³-hybridized carbons (Fsp3) is 0.562. The van der Waals surface area contributed by atoms with Crippen LogP contribution in [0.3, 0.4) is 0 Å². The Bertz CT molecular complexity index is 471. The van der Waals surface area contributed by atoms with Crippen molar-refractivity contribution in [2.75, 3.05) is 30.4 Å². The monoisotopic (exact) mass is 275 g/mol. The molecule has 2 rings (SSSR count). The van der Waals surface area contributed by atoms with Crippen molar-refractivity contribution in [1.82, 2.24) is 5.32 Å². The highest BCUT2D eigenvalue weighted by molar-refractivity contribution is 5.98. The highest BCUT2D eigenvalue weighted by atomic mass is 16.2. The van der Waals surface area contributed by atoms with Crippen LogP contribution in [0, 0.1) is 0 Å². The number of rotatable bonds is 4. The number of carbonyl (C=O) groups excluding carboxylic acids is 1. The molecular formula is C16H25N3O. The molecule has 4 heteroatoms. The first kappa shape index (κ1) is 14.9. The SMILES string of the molecule is CC(C)NC1CCCN(c2cccc(N(C)C)c2)C1=O. The van der Waals surface area contributed by atoms with Gasteiger partial charge in [0.05, 0.1) is 6.04 Å². The molecule has 4 nitrogen and oxygen atoms in total. The smallest absolute Gasteiger partial charge is 0.244 e. The average Bonchev–Trinajstić information content (AvgIpc) is 2.41. The van der Waals surface area contributed by atoms with Crippen LogP contribution in [0.25, 0.3) is 0 Å². The van der Waals surface area contributed by atoms with Gasteiger partial charge in [-0.05, 0) is 31.0 Å². The summed E-state index contributed by atoms with van der Waals surface area (Å²) in [4.78, 5) is 16.6. The molecule has 0 saturated carbocycles. The second kappa shape index (κ2) is 6.27. The van der Waals surface area contributed by atoms with Crippen LogP contribution < -0.4 is 15.1 Å². The lowest BCUT2D eigenvalue weighted by Crippen LogP contribution is -2.52. The maximum absolute atomic E-state index is 12.6. The first-order chi connectivity index (χ1) is 9.49. The Kier molecular flexibility index (Phi) is 4.65. The molecule has 0 spiro atoms. The summed E-state index contributed by atoms with van der Waals surface area (Å²) in [5.41, 5.74) is 2.12. The van der Waals surface area contributed by atoms with Gasteiger partial charge in [0.1, 0.15) is 0 Å². The molecule has 1 atom stereocenters. The van der Waals surface area contributed by atoms with Gasteiger partial charge in [-0.1, -0.05) is 19.9 Å². The zero-order valence-electron chi connectivity index (χ0n) is 12.9. The number of piperidine rings is 1. The molecule has 1 saturated heterocycles. The van der Waals surface area contributed by atoms with Gasteiger partial charge >= 0.3 is 0 Å². The summed E-state index contributed by atoms with van der Waals surface area (Å²) in [6.07, 6.45) is 1.98. The van der Waals surface area contributed by atoms with Crippen LogP contribution in [-0.4, -0.2) is 38.6 Å². The lowest BCUT2D eigenvalue weighted by atomic mass is 10.0.